The van der Waals surface area contributed by atoms with Crippen molar-refractivity contribution in [3.63, 3.8) is 0 Å². The van der Waals surface area contributed by atoms with Crippen molar-refractivity contribution < 1.29 is 9.59 Å². The van der Waals surface area contributed by atoms with Crippen LogP contribution < -0.4 is 5.73 Å². The molecule has 0 atom stereocenters. The van der Waals surface area contributed by atoms with E-state index < -0.39 is 0 Å². The van der Waals surface area contributed by atoms with Crippen molar-refractivity contribution in [2.75, 3.05) is 13.1 Å². The first-order valence-electron chi connectivity index (χ1n) is 7.64. The van der Waals surface area contributed by atoms with Gasteiger partial charge in [-0.1, -0.05) is 19.9 Å². The maximum atomic E-state index is 12.6. The molecule has 2 amide bonds. The van der Waals surface area contributed by atoms with Gasteiger partial charge in [0.1, 0.15) is 0 Å². The standard InChI is InChI=1S/C17H21N3O2/c1-11(2)8-19-7-6-13-14(4-3-5-15(13)19)17(22)20-9-12(10-20)16(18)21/h3-7,11-12H,8-10H2,1-2H3,(H2,18,21). The largest absolute Gasteiger partial charge is 0.369 e. The number of amides is 2. The zero-order valence-corrected chi connectivity index (χ0v) is 13.0. The monoisotopic (exact) mass is 299 g/mol. The molecule has 2 N–H and O–H groups in total. The molecule has 2 aromatic rings. The van der Waals surface area contributed by atoms with Gasteiger partial charge in [-0.25, -0.2) is 0 Å². The molecule has 0 radical (unpaired) electrons. The quantitative estimate of drug-likeness (QED) is 0.936. The second-order valence-electron chi connectivity index (χ2n) is 6.41. The topological polar surface area (TPSA) is 68.3 Å². The molecule has 3 rings (SSSR count). The summed E-state index contributed by atoms with van der Waals surface area (Å²) in [5.74, 6) is -0.00824. The Morgan fingerprint density at radius 3 is 2.64 bits per heavy atom. The summed E-state index contributed by atoms with van der Waals surface area (Å²) in [5, 5.41) is 0.968. The Morgan fingerprint density at radius 2 is 2.00 bits per heavy atom. The zero-order valence-electron chi connectivity index (χ0n) is 13.0. The second kappa shape index (κ2) is 5.48. The maximum absolute atomic E-state index is 12.6. The Balaban J connectivity index is 1.87. The van der Waals surface area contributed by atoms with E-state index >= 15 is 0 Å². The Hall–Kier alpha value is -2.30. The van der Waals surface area contributed by atoms with E-state index in [1.54, 1.807) is 4.90 Å². The molecule has 1 aromatic heterocycles. The Morgan fingerprint density at radius 1 is 1.27 bits per heavy atom. The van der Waals surface area contributed by atoms with Gasteiger partial charge in [-0.2, -0.15) is 0 Å². The van der Waals surface area contributed by atoms with Crippen LogP contribution in [0.5, 0.6) is 0 Å². The van der Waals surface area contributed by atoms with E-state index in [2.05, 4.69) is 18.4 Å². The molecule has 0 bridgehead atoms. The number of likely N-dealkylation sites (tertiary alicyclic amines) is 1. The van der Waals surface area contributed by atoms with Crippen LogP contribution in [0.25, 0.3) is 10.9 Å². The fraction of sp³-hybridized carbons (Fsp3) is 0.412. The molecule has 5 nitrogen and oxygen atoms in total. The first-order chi connectivity index (χ1) is 10.5. The lowest BCUT2D eigenvalue weighted by Gasteiger charge is -2.37. The highest BCUT2D eigenvalue weighted by atomic mass is 16.2. The van der Waals surface area contributed by atoms with Gasteiger partial charge in [-0.05, 0) is 24.1 Å². The third-order valence-electron chi connectivity index (χ3n) is 4.18. The van der Waals surface area contributed by atoms with Crippen LogP contribution in [0.15, 0.2) is 30.5 Å². The van der Waals surface area contributed by atoms with E-state index in [0.29, 0.717) is 24.6 Å². The third-order valence-corrected chi connectivity index (χ3v) is 4.18. The van der Waals surface area contributed by atoms with E-state index in [1.165, 1.54) is 0 Å². The average Bonchev–Trinajstić information content (AvgIpc) is 2.79. The molecule has 0 aliphatic carbocycles. The highest BCUT2D eigenvalue weighted by molar-refractivity contribution is 6.07. The summed E-state index contributed by atoms with van der Waals surface area (Å²) in [6, 6.07) is 7.80. The number of nitrogens with zero attached hydrogens (tertiary/aromatic N) is 2. The number of aromatic nitrogens is 1. The Bertz CT molecular complexity index is 727. The second-order valence-corrected chi connectivity index (χ2v) is 6.41. The number of carbonyl (C=O) groups is 2. The van der Waals surface area contributed by atoms with Gasteiger partial charge >= 0.3 is 0 Å². The van der Waals surface area contributed by atoms with Gasteiger partial charge < -0.3 is 15.2 Å². The van der Waals surface area contributed by atoms with Gasteiger partial charge in [0.25, 0.3) is 5.91 Å². The molecule has 22 heavy (non-hydrogen) atoms. The van der Waals surface area contributed by atoms with Crippen molar-refractivity contribution in [2.24, 2.45) is 17.6 Å². The SMILES string of the molecule is CC(C)Cn1ccc2c(C(=O)N3CC(C(N)=O)C3)cccc21. The van der Waals surface area contributed by atoms with Crippen LogP contribution >= 0.6 is 0 Å². The van der Waals surface area contributed by atoms with Crippen molar-refractivity contribution in [3.05, 3.63) is 36.0 Å². The number of primary amides is 1. The number of benzene rings is 1. The first kappa shape index (κ1) is 14.6. The smallest absolute Gasteiger partial charge is 0.254 e. The molecule has 1 saturated heterocycles. The molecular formula is C17H21N3O2. The highest BCUT2D eigenvalue weighted by Crippen LogP contribution is 2.25. The Labute approximate surface area is 129 Å². The van der Waals surface area contributed by atoms with Crippen LogP contribution in [0.4, 0.5) is 0 Å². The van der Waals surface area contributed by atoms with Crippen LogP contribution in [-0.2, 0) is 11.3 Å². The number of hydrogen-bond donors (Lipinski definition) is 1. The number of nitrogens with two attached hydrogens (primary N) is 1. The summed E-state index contributed by atoms with van der Waals surface area (Å²) in [6.45, 7) is 6.12. The van der Waals surface area contributed by atoms with Crippen molar-refractivity contribution in [2.45, 2.75) is 20.4 Å². The van der Waals surface area contributed by atoms with Crippen molar-refractivity contribution in [3.8, 4) is 0 Å². The number of fused-ring (bicyclic) bond motifs is 1. The summed E-state index contributed by atoms with van der Waals surface area (Å²) >= 11 is 0. The molecule has 1 aliphatic heterocycles. The molecule has 116 valence electrons. The first-order valence-corrected chi connectivity index (χ1v) is 7.64. The predicted molar refractivity (Wildman–Crippen MR) is 85.4 cm³/mol. The number of carbonyl (C=O) groups excluding carboxylic acids is 2. The summed E-state index contributed by atoms with van der Waals surface area (Å²) in [4.78, 5) is 25.4. The molecule has 0 unspecified atom stereocenters. The zero-order chi connectivity index (χ0) is 15.9. The minimum absolute atomic E-state index is 0.0228. The lowest BCUT2D eigenvalue weighted by atomic mass is 9.97. The van der Waals surface area contributed by atoms with Gasteiger partial charge in [0.2, 0.25) is 5.91 Å². The number of hydrogen-bond acceptors (Lipinski definition) is 2. The molecule has 2 heterocycles. The maximum Gasteiger partial charge on any atom is 0.254 e. The van der Waals surface area contributed by atoms with Gasteiger partial charge in [0.15, 0.2) is 0 Å². The van der Waals surface area contributed by atoms with E-state index in [-0.39, 0.29) is 17.7 Å². The fourth-order valence-electron chi connectivity index (χ4n) is 2.96. The summed E-state index contributed by atoms with van der Waals surface area (Å²) in [6.07, 6.45) is 2.03. The summed E-state index contributed by atoms with van der Waals surface area (Å²) < 4.78 is 2.18. The molecule has 0 saturated carbocycles. The molecule has 0 spiro atoms. The number of rotatable bonds is 4. The van der Waals surface area contributed by atoms with E-state index in [4.69, 9.17) is 5.73 Å². The van der Waals surface area contributed by atoms with Crippen LogP contribution in [-0.4, -0.2) is 34.4 Å². The van der Waals surface area contributed by atoms with E-state index in [1.807, 2.05) is 30.5 Å². The molecule has 1 fully saturated rings. The highest BCUT2D eigenvalue weighted by Gasteiger charge is 2.35. The normalized spacial score (nSPS) is 15.3. The molecular weight excluding hydrogens is 278 g/mol. The van der Waals surface area contributed by atoms with Crippen LogP contribution in [0, 0.1) is 11.8 Å². The van der Waals surface area contributed by atoms with Gasteiger partial charge in [0.05, 0.1) is 5.92 Å². The average molecular weight is 299 g/mol. The van der Waals surface area contributed by atoms with Crippen molar-refractivity contribution in [1.29, 1.82) is 0 Å². The van der Waals surface area contributed by atoms with Crippen molar-refractivity contribution in [1.82, 2.24) is 9.47 Å². The Kier molecular flexibility index (Phi) is 3.64. The van der Waals surface area contributed by atoms with E-state index in [0.717, 1.165) is 17.4 Å². The van der Waals surface area contributed by atoms with Gasteiger partial charge in [0, 0.05) is 42.3 Å². The summed E-state index contributed by atoms with van der Waals surface area (Å²) in [5.41, 5.74) is 7.03. The minimum Gasteiger partial charge on any atom is -0.369 e. The van der Waals surface area contributed by atoms with Crippen LogP contribution in [0.3, 0.4) is 0 Å². The predicted octanol–water partition coefficient (Wildman–Crippen LogP) is 1.85. The van der Waals surface area contributed by atoms with Crippen molar-refractivity contribution >= 4 is 22.7 Å². The lowest BCUT2D eigenvalue weighted by Crippen LogP contribution is -2.54. The minimum atomic E-state index is -0.328. The fourth-order valence-corrected chi connectivity index (χ4v) is 2.96. The van der Waals surface area contributed by atoms with Crippen LogP contribution in [0.1, 0.15) is 24.2 Å². The lowest BCUT2D eigenvalue weighted by molar-refractivity contribution is -0.125. The third kappa shape index (κ3) is 2.47. The summed E-state index contributed by atoms with van der Waals surface area (Å²) in [7, 11) is 0. The van der Waals surface area contributed by atoms with Crippen LogP contribution in [0.2, 0.25) is 0 Å². The molecule has 5 heteroatoms. The van der Waals surface area contributed by atoms with E-state index in [9.17, 15) is 9.59 Å². The molecule has 1 aromatic carbocycles. The molecule has 1 aliphatic rings. The van der Waals surface area contributed by atoms with Gasteiger partial charge in [-0.3, -0.25) is 9.59 Å². The van der Waals surface area contributed by atoms with Gasteiger partial charge in [-0.15, -0.1) is 0 Å².